The van der Waals surface area contributed by atoms with E-state index < -0.39 is 5.82 Å². The van der Waals surface area contributed by atoms with Gasteiger partial charge in [0.1, 0.15) is 11.5 Å². The Kier molecular flexibility index (Phi) is 5.05. The number of nitrogens with one attached hydrogen (secondary N) is 1. The third kappa shape index (κ3) is 3.61. The van der Waals surface area contributed by atoms with Gasteiger partial charge in [0.15, 0.2) is 0 Å². The summed E-state index contributed by atoms with van der Waals surface area (Å²) in [6.45, 7) is 6.07. The van der Waals surface area contributed by atoms with E-state index in [0.717, 1.165) is 43.1 Å². The molecule has 6 nitrogen and oxygen atoms in total. The van der Waals surface area contributed by atoms with E-state index in [9.17, 15) is 9.18 Å². The fourth-order valence-corrected chi connectivity index (χ4v) is 3.79. The molecule has 4 rings (SSSR count). The van der Waals surface area contributed by atoms with Crippen molar-refractivity contribution in [3.8, 4) is 16.9 Å². The monoisotopic (exact) mass is 445 g/mol. The molecule has 1 fully saturated rings. The molecule has 1 N–H and O–H groups in total. The number of anilines is 1. The smallest absolute Gasteiger partial charge is 0.271 e. The maximum absolute atomic E-state index is 14.3. The first-order valence-corrected chi connectivity index (χ1v) is 10.1. The number of aromatic amines is 1. The molecule has 0 aliphatic carbocycles. The van der Waals surface area contributed by atoms with Gasteiger partial charge in [-0.1, -0.05) is 22.9 Å². The molecule has 0 bridgehead atoms. The molecule has 2 aromatic heterocycles. The minimum Gasteiger partial charge on any atom is -0.341 e. The summed E-state index contributed by atoms with van der Waals surface area (Å²) in [4.78, 5) is 23.8. The number of hydrogen-bond donors (Lipinski definition) is 1. The molecule has 28 heavy (non-hydrogen) atoms. The average Bonchev–Trinajstić information content (AvgIpc) is 3.03. The fraction of sp³-hybridized carbons (Fsp3) is 0.350. The van der Waals surface area contributed by atoms with Crippen molar-refractivity contribution in [2.75, 3.05) is 18.0 Å². The second-order valence-electron chi connectivity index (χ2n) is 7.28. The summed E-state index contributed by atoms with van der Waals surface area (Å²) in [5.41, 5.74) is 1.88. The molecular weight excluding hydrogens is 425 g/mol. The Hall–Kier alpha value is -2.48. The first kappa shape index (κ1) is 18.9. The molecule has 3 aromatic rings. The lowest BCUT2D eigenvalue weighted by molar-refractivity contribution is 0.434. The molecule has 8 heteroatoms. The van der Waals surface area contributed by atoms with E-state index in [2.05, 4.69) is 42.8 Å². The standard InChI is InChI=1S/C20H21BrFN5O/c1-12-5-7-26(8-6-12)20-23-11-15(13(2)24-20)17-10-19(28)27(25-17)18-4-3-14(21)9-16(18)22/h3-4,9-12,25H,5-8H2,1-2H3. The summed E-state index contributed by atoms with van der Waals surface area (Å²) in [6, 6.07) is 6.00. The van der Waals surface area contributed by atoms with E-state index in [-0.39, 0.29) is 11.2 Å². The second-order valence-corrected chi connectivity index (χ2v) is 8.19. The molecule has 1 saturated heterocycles. The molecule has 0 atom stereocenters. The number of nitrogens with zero attached hydrogens (tertiary/aromatic N) is 4. The molecule has 1 aromatic carbocycles. The van der Waals surface area contributed by atoms with E-state index in [1.807, 2.05) is 6.92 Å². The molecule has 1 aliphatic heterocycles. The van der Waals surface area contributed by atoms with Crippen molar-refractivity contribution >= 4 is 21.9 Å². The molecule has 0 spiro atoms. The molecule has 0 saturated carbocycles. The van der Waals surface area contributed by atoms with Gasteiger partial charge in [-0.15, -0.1) is 0 Å². The van der Waals surface area contributed by atoms with Crippen LogP contribution >= 0.6 is 15.9 Å². The summed E-state index contributed by atoms with van der Waals surface area (Å²) in [5.74, 6) is 0.960. The maximum atomic E-state index is 14.3. The highest BCUT2D eigenvalue weighted by Crippen LogP contribution is 2.25. The van der Waals surface area contributed by atoms with Crippen molar-refractivity contribution in [2.45, 2.75) is 26.7 Å². The molecule has 0 amide bonds. The van der Waals surface area contributed by atoms with Crippen molar-refractivity contribution in [1.82, 2.24) is 19.7 Å². The van der Waals surface area contributed by atoms with Gasteiger partial charge in [-0.3, -0.25) is 9.89 Å². The van der Waals surface area contributed by atoms with E-state index in [1.54, 1.807) is 18.3 Å². The first-order chi connectivity index (χ1) is 13.4. The van der Waals surface area contributed by atoms with E-state index in [0.29, 0.717) is 16.1 Å². The van der Waals surface area contributed by atoms with Crippen molar-refractivity contribution in [2.24, 2.45) is 5.92 Å². The first-order valence-electron chi connectivity index (χ1n) is 9.29. The Balaban J connectivity index is 1.66. The van der Waals surface area contributed by atoms with Gasteiger partial charge in [-0.25, -0.2) is 19.0 Å². The fourth-order valence-electron chi connectivity index (χ4n) is 3.46. The third-order valence-corrected chi connectivity index (χ3v) is 5.69. The summed E-state index contributed by atoms with van der Waals surface area (Å²) in [5, 5.41) is 2.98. The van der Waals surface area contributed by atoms with Crippen LogP contribution in [0.3, 0.4) is 0 Å². The summed E-state index contributed by atoms with van der Waals surface area (Å²) in [7, 11) is 0. The van der Waals surface area contributed by atoms with Gasteiger partial charge in [-0.2, -0.15) is 0 Å². The molecule has 1 aliphatic rings. The Morgan fingerprint density at radius 3 is 2.68 bits per heavy atom. The maximum Gasteiger partial charge on any atom is 0.271 e. The third-order valence-electron chi connectivity index (χ3n) is 5.19. The molecule has 146 valence electrons. The van der Waals surface area contributed by atoms with Gasteiger partial charge < -0.3 is 4.90 Å². The van der Waals surface area contributed by atoms with Crippen LogP contribution in [0.1, 0.15) is 25.5 Å². The van der Waals surface area contributed by atoms with Crippen molar-refractivity contribution < 1.29 is 4.39 Å². The van der Waals surface area contributed by atoms with Crippen LogP contribution in [-0.4, -0.2) is 32.8 Å². The largest absolute Gasteiger partial charge is 0.341 e. The number of rotatable bonds is 3. The lowest BCUT2D eigenvalue weighted by Gasteiger charge is -2.30. The normalized spacial score (nSPS) is 15.2. The number of aryl methyl sites for hydroxylation is 1. The SMILES string of the molecule is Cc1nc(N2CCC(C)CC2)ncc1-c1cc(=O)n(-c2ccc(Br)cc2F)[nH]1. The number of halogens is 2. The van der Waals surface area contributed by atoms with E-state index in [1.165, 1.54) is 16.8 Å². The summed E-state index contributed by atoms with van der Waals surface area (Å²) < 4.78 is 16.1. The number of benzene rings is 1. The van der Waals surface area contributed by atoms with E-state index in [4.69, 9.17) is 0 Å². The van der Waals surface area contributed by atoms with Gasteiger partial charge in [0.2, 0.25) is 5.95 Å². The highest BCUT2D eigenvalue weighted by atomic mass is 79.9. The summed E-state index contributed by atoms with van der Waals surface area (Å²) >= 11 is 3.22. The second kappa shape index (κ2) is 7.50. The lowest BCUT2D eigenvalue weighted by atomic mass is 10.00. The highest BCUT2D eigenvalue weighted by molar-refractivity contribution is 9.10. The van der Waals surface area contributed by atoms with Crippen LogP contribution in [0, 0.1) is 18.7 Å². The van der Waals surface area contributed by atoms with Crippen molar-refractivity contribution in [3.63, 3.8) is 0 Å². The highest BCUT2D eigenvalue weighted by Gasteiger charge is 2.19. The zero-order chi connectivity index (χ0) is 19.8. The van der Waals surface area contributed by atoms with Gasteiger partial charge in [-0.05, 0) is 43.9 Å². The number of piperidine rings is 1. The average molecular weight is 446 g/mol. The van der Waals surface area contributed by atoms with Crippen LogP contribution in [-0.2, 0) is 0 Å². The van der Waals surface area contributed by atoms with Gasteiger partial charge in [0.05, 0.1) is 11.4 Å². The van der Waals surface area contributed by atoms with Crippen LogP contribution in [0.5, 0.6) is 0 Å². The Bertz CT molecular complexity index is 1070. The van der Waals surface area contributed by atoms with Gasteiger partial charge in [0, 0.05) is 35.4 Å². The van der Waals surface area contributed by atoms with Crippen LogP contribution in [0.15, 0.2) is 39.7 Å². The van der Waals surface area contributed by atoms with Crippen LogP contribution < -0.4 is 10.5 Å². The van der Waals surface area contributed by atoms with Gasteiger partial charge >= 0.3 is 0 Å². The summed E-state index contributed by atoms with van der Waals surface area (Å²) in [6.07, 6.45) is 4.00. The van der Waals surface area contributed by atoms with Crippen LogP contribution in [0.4, 0.5) is 10.3 Å². The van der Waals surface area contributed by atoms with Crippen molar-refractivity contribution in [3.05, 3.63) is 56.8 Å². The topological polar surface area (TPSA) is 66.8 Å². The van der Waals surface area contributed by atoms with Crippen LogP contribution in [0.25, 0.3) is 16.9 Å². The predicted octanol–water partition coefficient (Wildman–Crippen LogP) is 4.07. The zero-order valence-electron chi connectivity index (χ0n) is 15.7. The Morgan fingerprint density at radius 2 is 2.00 bits per heavy atom. The number of H-pyrrole nitrogens is 1. The van der Waals surface area contributed by atoms with Gasteiger partial charge in [0.25, 0.3) is 5.56 Å². The van der Waals surface area contributed by atoms with E-state index >= 15 is 0 Å². The molecule has 0 unspecified atom stereocenters. The minimum absolute atomic E-state index is 0.164. The predicted molar refractivity (Wildman–Crippen MR) is 110 cm³/mol. The van der Waals surface area contributed by atoms with Crippen LogP contribution in [0.2, 0.25) is 0 Å². The molecular formula is C20H21BrFN5O. The lowest BCUT2D eigenvalue weighted by Crippen LogP contribution is -2.34. The van der Waals surface area contributed by atoms with Crippen molar-refractivity contribution in [1.29, 1.82) is 0 Å². The zero-order valence-corrected chi connectivity index (χ0v) is 17.3. The number of hydrogen-bond acceptors (Lipinski definition) is 4. The quantitative estimate of drug-likeness (QED) is 0.659. The number of aromatic nitrogens is 4. The molecule has 0 radical (unpaired) electrons. The Labute approximate surface area is 170 Å². The minimum atomic E-state index is -0.493. The Morgan fingerprint density at radius 1 is 1.25 bits per heavy atom. The molecule has 3 heterocycles.